The summed E-state index contributed by atoms with van der Waals surface area (Å²) in [6, 6.07) is 5.54. The Bertz CT molecular complexity index is 380. The maximum absolute atomic E-state index is 9.94. The Morgan fingerprint density at radius 3 is 2.72 bits per heavy atom. The van der Waals surface area contributed by atoms with Crippen molar-refractivity contribution in [1.29, 1.82) is 0 Å². The van der Waals surface area contributed by atoms with Gasteiger partial charge >= 0.3 is 0 Å². The van der Waals surface area contributed by atoms with Crippen LogP contribution in [0.4, 0.5) is 0 Å². The van der Waals surface area contributed by atoms with Gasteiger partial charge in [0, 0.05) is 17.1 Å². The number of benzene rings is 1. The highest BCUT2D eigenvalue weighted by molar-refractivity contribution is 6.30. The molecule has 0 bridgehead atoms. The molecule has 0 spiro atoms. The topological polar surface area (TPSA) is 41.5 Å². The van der Waals surface area contributed by atoms with Crippen LogP contribution in [0.2, 0.25) is 5.02 Å². The Morgan fingerprint density at radius 2 is 2.11 bits per heavy atom. The average Bonchev–Trinajstić information content (AvgIpc) is 2.35. The van der Waals surface area contributed by atoms with E-state index in [2.05, 4.69) is 5.32 Å². The van der Waals surface area contributed by atoms with Gasteiger partial charge in [0.05, 0.1) is 5.60 Å². The Morgan fingerprint density at radius 1 is 1.39 bits per heavy atom. The fourth-order valence-corrected chi connectivity index (χ4v) is 1.62. The van der Waals surface area contributed by atoms with E-state index in [4.69, 9.17) is 16.3 Å². The Balaban J connectivity index is 2.74. The maximum atomic E-state index is 9.94. The average molecular weight is 272 g/mol. The lowest BCUT2D eigenvalue weighted by molar-refractivity contribution is 0.00816. The molecule has 102 valence electrons. The molecule has 1 atom stereocenters. The van der Waals surface area contributed by atoms with Crippen molar-refractivity contribution in [2.24, 2.45) is 0 Å². The van der Waals surface area contributed by atoms with Gasteiger partial charge in [0.15, 0.2) is 0 Å². The first-order valence-electron chi connectivity index (χ1n) is 6.33. The molecule has 18 heavy (non-hydrogen) atoms. The molecule has 0 aliphatic rings. The molecule has 1 aromatic rings. The van der Waals surface area contributed by atoms with Gasteiger partial charge in [-0.2, -0.15) is 0 Å². The molecular weight excluding hydrogens is 250 g/mol. The van der Waals surface area contributed by atoms with Crippen molar-refractivity contribution in [3.63, 3.8) is 0 Å². The minimum absolute atomic E-state index is 0.282. The number of ether oxygens (including phenoxy) is 1. The van der Waals surface area contributed by atoms with Crippen molar-refractivity contribution in [2.75, 3.05) is 13.2 Å². The zero-order valence-corrected chi connectivity index (χ0v) is 12.0. The molecule has 0 saturated carbocycles. The van der Waals surface area contributed by atoms with E-state index in [-0.39, 0.29) is 6.61 Å². The molecule has 0 fully saturated rings. The summed E-state index contributed by atoms with van der Waals surface area (Å²) in [5.41, 5.74) is 0.214. The molecule has 0 aromatic heterocycles. The Labute approximate surface area is 114 Å². The Kier molecular flexibility index (Phi) is 5.93. The zero-order valence-electron chi connectivity index (χ0n) is 11.3. The lowest BCUT2D eigenvalue weighted by atomic mass is 10.1. The highest BCUT2D eigenvalue weighted by atomic mass is 35.5. The van der Waals surface area contributed by atoms with Crippen LogP contribution in [0, 0.1) is 0 Å². The van der Waals surface area contributed by atoms with Crippen LogP contribution in [0.1, 0.15) is 32.8 Å². The van der Waals surface area contributed by atoms with E-state index in [9.17, 15) is 5.11 Å². The summed E-state index contributed by atoms with van der Waals surface area (Å²) in [4.78, 5) is 0. The van der Waals surface area contributed by atoms with Gasteiger partial charge in [-0.3, -0.25) is 0 Å². The summed E-state index contributed by atoms with van der Waals surface area (Å²) in [7, 11) is 0. The molecule has 0 radical (unpaired) electrons. The summed E-state index contributed by atoms with van der Waals surface area (Å²) in [6.45, 7) is 7.63. The van der Waals surface area contributed by atoms with E-state index < -0.39 is 5.60 Å². The van der Waals surface area contributed by atoms with Gasteiger partial charge in [0.2, 0.25) is 0 Å². The van der Waals surface area contributed by atoms with E-state index in [1.807, 2.05) is 26.0 Å². The molecular formula is C14H22ClNO2. The van der Waals surface area contributed by atoms with Crippen LogP contribution in [-0.2, 0) is 6.54 Å². The first-order chi connectivity index (χ1) is 8.48. The third-order valence-electron chi connectivity index (χ3n) is 2.89. The normalized spacial score (nSPS) is 14.3. The number of rotatable bonds is 7. The largest absolute Gasteiger partial charge is 0.490 e. The minimum atomic E-state index is -0.797. The van der Waals surface area contributed by atoms with Crippen molar-refractivity contribution < 1.29 is 9.84 Å². The second kappa shape index (κ2) is 6.98. The molecule has 1 rings (SSSR count). The number of hydrogen-bond donors (Lipinski definition) is 2. The van der Waals surface area contributed by atoms with Crippen LogP contribution >= 0.6 is 11.6 Å². The van der Waals surface area contributed by atoms with E-state index in [0.717, 1.165) is 17.9 Å². The van der Waals surface area contributed by atoms with Gasteiger partial charge in [0.25, 0.3) is 0 Å². The van der Waals surface area contributed by atoms with E-state index in [0.29, 0.717) is 18.0 Å². The van der Waals surface area contributed by atoms with Gasteiger partial charge in [-0.1, -0.05) is 25.4 Å². The van der Waals surface area contributed by atoms with Crippen LogP contribution in [-0.4, -0.2) is 23.9 Å². The molecule has 0 aliphatic carbocycles. The lowest BCUT2D eigenvalue weighted by Crippen LogP contribution is -2.31. The van der Waals surface area contributed by atoms with Crippen molar-refractivity contribution in [3.8, 4) is 5.75 Å². The first kappa shape index (κ1) is 15.3. The van der Waals surface area contributed by atoms with Gasteiger partial charge in [-0.15, -0.1) is 0 Å². The fraction of sp³-hybridized carbons (Fsp3) is 0.571. The van der Waals surface area contributed by atoms with E-state index in [1.54, 1.807) is 13.0 Å². The van der Waals surface area contributed by atoms with Crippen molar-refractivity contribution in [1.82, 2.24) is 5.32 Å². The SMILES string of the molecule is CCNCc1cc(Cl)ccc1OCC(C)(O)CC. The zero-order chi connectivity index (χ0) is 13.6. The fourth-order valence-electron chi connectivity index (χ4n) is 1.42. The summed E-state index contributed by atoms with van der Waals surface area (Å²) in [5.74, 6) is 0.772. The molecule has 0 aliphatic heterocycles. The second-order valence-corrected chi connectivity index (χ2v) is 5.11. The minimum Gasteiger partial charge on any atom is -0.490 e. The molecule has 0 amide bonds. The highest BCUT2D eigenvalue weighted by Gasteiger charge is 2.19. The van der Waals surface area contributed by atoms with Gasteiger partial charge in [0.1, 0.15) is 12.4 Å². The van der Waals surface area contributed by atoms with Gasteiger partial charge < -0.3 is 15.2 Å². The molecule has 0 saturated heterocycles. The van der Waals surface area contributed by atoms with Crippen LogP contribution in [0.5, 0.6) is 5.75 Å². The first-order valence-corrected chi connectivity index (χ1v) is 6.70. The summed E-state index contributed by atoms with van der Waals surface area (Å²) in [5, 5.41) is 13.9. The number of hydrogen-bond acceptors (Lipinski definition) is 3. The quantitative estimate of drug-likeness (QED) is 0.801. The molecule has 1 aromatic carbocycles. The molecule has 4 heteroatoms. The molecule has 0 heterocycles. The van der Waals surface area contributed by atoms with Crippen LogP contribution in [0.25, 0.3) is 0 Å². The predicted molar refractivity (Wildman–Crippen MR) is 75.2 cm³/mol. The molecule has 3 nitrogen and oxygen atoms in total. The molecule has 1 unspecified atom stereocenters. The van der Waals surface area contributed by atoms with Crippen molar-refractivity contribution >= 4 is 11.6 Å². The number of aliphatic hydroxyl groups is 1. The number of halogens is 1. The Hall–Kier alpha value is -0.770. The summed E-state index contributed by atoms with van der Waals surface area (Å²) in [6.07, 6.45) is 0.656. The predicted octanol–water partition coefficient (Wildman–Crippen LogP) is 2.99. The van der Waals surface area contributed by atoms with Crippen LogP contribution < -0.4 is 10.1 Å². The monoisotopic (exact) mass is 271 g/mol. The highest BCUT2D eigenvalue weighted by Crippen LogP contribution is 2.24. The third kappa shape index (κ3) is 4.84. The summed E-state index contributed by atoms with van der Waals surface area (Å²) < 4.78 is 5.70. The van der Waals surface area contributed by atoms with Crippen LogP contribution in [0.15, 0.2) is 18.2 Å². The van der Waals surface area contributed by atoms with Gasteiger partial charge in [-0.25, -0.2) is 0 Å². The van der Waals surface area contributed by atoms with Crippen molar-refractivity contribution in [2.45, 2.75) is 39.3 Å². The van der Waals surface area contributed by atoms with Crippen molar-refractivity contribution in [3.05, 3.63) is 28.8 Å². The maximum Gasteiger partial charge on any atom is 0.124 e. The van der Waals surface area contributed by atoms with E-state index in [1.165, 1.54) is 0 Å². The lowest BCUT2D eigenvalue weighted by Gasteiger charge is -2.22. The third-order valence-corrected chi connectivity index (χ3v) is 3.12. The van der Waals surface area contributed by atoms with Gasteiger partial charge in [-0.05, 0) is 38.1 Å². The number of nitrogens with one attached hydrogen (secondary N) is 1. The van der Waals surface area contributed by atoms with E-state index >= 15 is 0 Å². The standard InChI is InChI=1S/C14H22ClNO2/c1-4-14(3,17)10-18-13-7-6-12(15)8-11(13)9-16-5-2/h6-8,16-17H,4-5,9-10H2,1-3H3. The second-order valence-electron chi connectivity index (χ2n) is 4.67. The molecule has 2 N–H and O–H groups in total. The van der Waals surface area contributed by atoms with Crippen LogP contribution in [0.3, 0.4) is 0 Å². The summed E-state index contributed by atoms with van der Waals surface area (Å²) >= 11 is 5.98. The smallest absolute Gasteiger partial charge is 0.124 e.